The lowest BCUT2D eigenvalue weighted by Gasteiger charge is -2.15. The van der Waals surface area contributed by atoms with Crippen molar-refractivity contribution < 1.29 is 4.79 Å². The number of carbonyl (C=O) groups excluding carboxylic acids is 1. The molecule has 5 heteroatoms. The van der Waals surface area contributed by atoms with Crippen molar-refractivity contribution in [3.8, 4) is 0 Å². The number of hydrogen-bond acceptors (Lipinski definition) is 3. The van der Waals surface area contributed by atoms with Gasteiger partial charge in [0.25, 0.3) is 5.91 Å². The molecule has 5 nitrogen and oxygen atoms in total. The Balaban J connectivity index is 1.40. The monoisotopic (exact) mass is 398 g/mol. The molecular weight excluding hydrogens is 372 g/mol. The average Bonchev–Trinajstić information content (AvgIpc) is 3.17. The number of nitrogens with one attached hydrogen (secondary N) is 3. The molecule has 152 valence electrons. The van der Waals surface area contributed by atoms with E-state index in [9.17, 15) is 4.79 Å². The summed E-state index contributed by atoms with van der Waals surface area (Å²) in [6.45, 7) is 4.89. The van der Waals surface area contributed by atoms with Crippen LogP contribution in [0.4, 0.5) is 11.4 Å². The first-order chi connectivity index (χ1) is 14.6. The molecular formula is C25H26N4O. The smallest absolute Gasteiger partial charge is 0.252 e. The van der Waals surface area contributed by atoms with E-state index in [0.717, 1.165) is 23.3 Å². The fourth-order valence-corrected chi connectivity index (χ4v) is 3.65. The van der Waals surface area contributed by atoms with Crippen molar-refractivity contribution in [1.82, 2.24) is 15.3 Å². The maximum absolute atomic E-state index is 12.6. The molecule has 30 heavy (non-hydrogen) atoms. The topological polar surface area (TPSA) is 69.8 Å². The van der Waals surface area contributed by atoms with Crippen molar-refractivity contribution in [3.63, 3.8) is 0 Å². The van der Waals surface area contributed by atoms with Crippen molar-refractivity contribution in [2.75, 3.05) is 11.9 Å². The number of pyridine rings is 1. The number of amides is 1. The average molecular weight is 399 g/mol. The van der Waals surface area contributed by atoms with Crippen molar-refractivity contribution in [1.29, 1.82) is 0 Å². The maximum atomic E-state index is 12.6. The first-order valence-electron chi connectivity index (χ1n) is 10.3. The number of fused-ring (bicyclic) bond motifs is 1. The number of hydrogen-bond donors (Lipinski definition) is 3. The Kier molecular flexibility index (Phi) is 5.80. The molecule has 0 bridgehead atoms. The Morgan fingerprint density at radius 1 is 1.07 bits per heavy atom. The lowest BCUT2D eigenvalue weighted by Crippen LogP contribution is -2.25. The van der Waals surface area contributed by atoms with Gasteiger partial charge in [-0.3, -0.25) is 9.78 Å². The van der Waals surface area contributed by atoms with Gasteiger partial charge in [0.15, 0.2) is 0 Å². The van der Waals surface area contributed by atoms with Crippen LogP contribution in [0.3, 0.4) is 0 Å². The highest BCUT2D eigenvalue weighted by Crippen LogP contribution is 2.26. The molecule has 3 N–H and O–H groups in total. The van der Waals surface area contributed by atoms with Gasteiger partial charge < -0.3 is 15.6 Å². The minimum Gasteiger partial charge on any atom is -0.361 e. The summed E-state index contributed by atoms with van der Waals surface area (Å²) < 4.78 is 0. The van der Waals surface area contributed by atoms with Crippen LogP contribution in [0, 0.1) is 0 Å². The van der Waals surface area contributed by atoms with Crippen LogP contribution >= 0.6 is 0 Å². The SMILES string of the molecule is CC(C)c1ccccc1Nc1cncc(C(=O)NCCc2c[nH]c3ccccc23)c1. The second kappa shape index (κ2) is 8.82. The highest BCUT2D eigenvalue weighted by molar-refractivity contribution is 5.95. The zero-order chi connectivity index (χ0) is 20.9. The van der Waals surface area contributed by atoms with E-state index < -0.39 is 0 Å². The third-order valence-corrected chi connectivity index (χ3v) is 5.22. The van der Waals surface area contributed by atoms with Crippen LogP contribution in [-0.2, 0) is 6.42 Å². The van der Waals surface area contributed by atoms with Gasteiger partial charge in [0.05, 0.1) is 17.4 Å². The number of anilines is 2. The Labute approximate surface area is 176 Å². The molecule has 0 aliphatic rings. The van der Waals surface area contributed by atoms with E-state index in [2.05, 4.69) is 52.6 Å². The van der Waals surface area contributed by atoms with Gasteiger partial charge in [-0.15, -0.1) is 0 Å². The molecule has 0 atom stereocenters. The summed E-state index contributed by atoms with van der Waals surface area (Å²) >= 11 is 0. The highest BCUT2D eigenvalue weighted by atomic mass is 16.1. The normalized spacial score (nSPS) is 11.0. The van der Waals surface area contributed by atoms with Gasteiger partial charge in [-0.05, 0) is 41.7 Å². The molecule has 0 spiro atoms. The fraction of sp³-hybridized carbons (Fsp3) is 0.200. The number of aromatic nitrogens is 2. The van der Waals surface area contributed by atoms with Crippen molar-refractivity contribution in [2.24, 2.45) is 0 Å². The summed E-state index contributed by atoms with van der Waals surface area (Å²) in [5.74, 6) is 0.279. The minimum absolute atomic E-state index is 0.122. The van der Waals surface area contributed by atoms with Crippen molar-refractivity contribution >= 4 is 28.2 Å². The molecule has 4 rings (SSSR count). The lowest BCUT2D eigenvalue weighted by atomic mass is 10.0. The second-order valence-electron chi connectivity index (χ2n) is 7.69. The largest absolute Gasteiger partial charge is 0.361 e. The third-order valence-electron chi connectivity index (χ3n) is 5.22. The fourth-order valence-electron chi connectivity index (χ4n) is 3.65. The van der Waals surface area contributed by atoms with Crippen LogP contribution in [0.1, 0.15) is 41.3 Å². The van der Waals surface area contributed by atoms with Crippen LogP contribution in [0.5, 0.6) is 0 Å². The van der Waals surface area contributed by atoms with Crippen molar-refractivity contribution in [2.45, 2.75) is 26.2 Å². The van der Waals surface area contributed by atoms with E-state index in [1.54, 1.807) is 12.4 Å². The lowest BCUT2D eigenvalue weighted by molar-refractivity contribution is 0.0954. The van der Waals surface area contributed by atoms with E-state index in [4.69, 9.17) is 0 Å². The predicted molar refractivity (Wildman–Crippen MR) is 122 cm³/mol. The molecule has 0 radical (unpaired) electrons. The van der Waals surface area contributed by atoms with Gasteiger partial charge in [0, 0.05) is 35.5 Å². The van der Waals surface area contributed by atoms with Crippen molar-refractivity contribution in [3.05, 3.63) is 89.9 Å². The molecule has 2 aromatic carbocycles. The summed E-state index contributed by atoms with van der Waals surface area (Å²) in [5, 5.41) is 7.60. The minimum atomic E-state index is -0.122. The van der Waals surface area contributed by atoms with Gasteiger partial charge in [-0.25, -0.2) is 0 Å². The van der Waals surface area contributed by atoms with E-state index in [-0.39, 0.29) is 5.91 Å². The zero-order valence-corrected chi connectivity index (χ0v) is 17.3. The summed E-state index contributed by atoms with van der Waals surface area (Å²) in [7, 11) is 0. The van der Waals surface area contributed by atoms with Crippen LogP contribution in [0.15, 0.2) is 73.2 Å². The number of rotatable bonds is 7. The quantitative estimate of drug-likeness (QED) is 0.390. The first kappa shape index (κ1) is 19.7. The predicted octanol–water partition coefficient (Wildman–Crippen LogP) is 5.40. The molecule has 0 unspecified atom stereocenters. The molecule has 4 aromatic rings. The Morgan fingerprint density at radius 3 is 2.73 bits per heavy atom. The Bertz CT molecular complexity index is 1160. The molecule has 1 amide bonds. The Morgan fingerprint density at radius 2 is 1.87 bits per heavy atom. The van der Waals surface area contributed by atoms with Gasteiger partial charge in [0.1, 0.15) is 0 Å². The van der Waals surface area contributed by atoms with Crippen LogP contribution in [-0.4, -0.2) is 22.4 Å². The number of aromatic amines is 1. The molecule has 0 fully saturated rings. The van der Waals surface area contributed by atoms with E-state index in [1.165, 1.54) is 16.5 Å². The molecule has 0 saturated carbocycles. The number of nitrogens with zero attached hydrogens (tertiary/aromatic N) is 1. The molecule has 0 aliphatic heterocycles. The van der Waals surface area contributed by atoms with Gasteiger partial charge >= 0.3 is 0 Å². The highest BCUT2D eigenvalue weighted by Gasteiger charge is 2.10. The number of carbonyl (C=O) groups is 1. The number of H-pyrrole nitrogens is 1. The summed E-state index contributed by atoms with van der Waals surface area (Å²) in [6.07, 6.45) is 6.11. The Hall–Kier alpha value is -3.60. The van der Waals surface area contributed by atoms with Crippen LogP contribution in [0.2, 0.25) is 0 Å². The molecule has 0 aliphatic carbocycles. The standard InChI is InChI=1S/C25H26N4O/c1-17(2)21-7-3-6-10-24(21)29-20-13-19(14-26-16-20)25(30)27-12-11-18-15-28-23-9-5-4-8-22(18)23/h3-10,13-17,28-29H,11-12H2,1-2H3,(H,27,30). The molecule has 0 saturated heterocycles. The zero-order valence-electron chi connectivity index (χ0n) is 17.3. The second-order valence-corrected chi connectivity index (χ2v) is 7.69. The van der Waals surface area contributed by atoms with Crippen LogP contribution in [0.25, 0.3) is 10.9 Å². The third kappa shape index (κ3) is 4.35. The van der Waals surface area contributed by atoms with E-state index in [1.807, 2.05) is 42.6 Å². The summed E-state index contributed by atoms with van der Waals surface area (Å²) in [4.78, 5) is 20.1. The summed E-state index contributed by atoms with van der Waals surface area (Å²) in [6, 6.07) is 18.2. The number of para-hydroxylation sites is 2. The van der Waals surface area contributed by atoms with Gasteiger partial charge in [0.2, 0.25) is 0 Å². The van der Waals surface area contributed by atoms with Gasteiger partial charge in [-0.2, -0.15) is 0 Å². The molecule has 2 aromatic heterocycles. The summed E-state index contributed by atoms with van der Waals surface area (Å²) in [5.41, 5.74) is 5.92. The van der Waals surface area contributed by atoms with Crippen LogP contribution < -0.4 is 10.6 Å². The van der Waals surface area contributed by atoms with Gasteiger partial charge in [-0.1, -0.05) is 50.2 Å². The first-order valence-corrected chi connectivity index (χ1v) is 10.3. The van der Waals surface area contributed by atoms with E-state index in [0.29, 0.717) is 18.0 Å². The molecule has 2 heterocycles. The van der Waals surface area contributed by atoms with E-state index >= 15 is 0 Å². The maximum Gasteiger partial charge on any atom is 0.252 e. The number of benzene rings is 2.